The van der Waals surface area contributed by atoms with E-state index in [-0.39, 0.29) is 16.8 Å². The Morgan fingerprint density at radius 2 is 2.23 bits per heavy atom. The minimum atomic E-state index is -0.606. The maximum atomic E-state index is 10.7. The fourth-order valence-corrected chi connectivity index (χ4v) is 1.88. The van der Waals surface area contributed by atoms with E-state index < -0.39 is 6.04 Å². The highest BCUT2D eigenvalue weighted by atomic mass is 16.6. The van der Waals surface area contributed by atoms with Gasteiger partial charge in [0.05, 0.1) is 5.92 Å². The zero-order valence-corrected chi connectivity index (χ0v) is 7.77. The van der Waals surface area contributed by atoms with Gasteiger partial charge < -0.3 is 0 Å². The molecule has 0 aromatic carbocycles. The van der Waals surface area contributed by atoms with Crippen LogP contribution in [0.1, 0.15) is 20.3 Å². The largest absolute Gasteiger partial charge is 0.298 e. The van der Waals surface area contributed by atoms with Gasteiger partial charge >= 0.3 is 0 Å². The predicted octanol–water partition coefficient (Wildman–Crippen LogP) is 1.43. The third-order valence-corrected chi connectivity index (χ3v) is 2.73. The average molecular weight is 183 g/mol. The second-order valence-electron chi connectivity index (χ2n) is 3.60. The molecule has 0 aromatic heterocycles. The molecule has 1 aliphatic rings. The van der Waals surface area contributed by atoms with Crippen molar-refractivity contribution in [2.24, 2.45) is 11.8 Å². The molecule has 0 heterocycles. The lowest BCUT2D eigenvalue weighted by Crippen LogP contribution is -2.37. The summed E-state index contributed by atoms with van der Waals surface area (Å²) in [6.07, 6.45) is 3.17. The van der Waals surface area contributed by atoms with Gasteiger partial charge in [0.2, 0.25) is 6.04 Å². The molecule has 0 radical (unpaired) electrons. The van der Waals surface area contributed by atoms with E-state index in [9.17, 15) is 14.9 Å². The molecule has 4 nitrogen and oxygen atoms in total. The monoisotopic (exact) mass is 183 g/mol. The van der Waals surface area contributed by atoms with Crippen LogP contribution in [0.3, 0.4) is 0 Å². The second kappa shape index (κ2) is 3.68. The van der Waals surface area contributed by atoms with Crippen LogP contribution in [0.5, 0.6) is 0 Å². The van der Waals surface area contributed by atoms with Gasteiger partial charge in [0, 0.05) is 10.8 Å². The van der Waals surface area contributed by atoms with Crippen LogP contribution in [-0.2, 0) is 4.79 Å². The van der Waals surface area contributed by atoms with Crippen molar-refractivity contribution in [3.05, 3.63) is 21.8 Å². The molecule has 0 unspecified atom stereocenters. The number of hydrogen-bond donors (Lipinski definition) is 0. The lowest BCUT2D eigenvalue weighted by atomic mass is 9.79. The van der Waals surface area contributed by atoms with Gasteiger partial charge in [0.25, 0.3) is 0 Å². The number of carbonyl (C=O) groups is 1. The number of allylic oxidation sites excluding steroid dienone is 1. The van der Waals surface area contributed by atoms with Gasteiger partial charge in [-0.25, -0.2) is 0 Å². The van der Waals surface area contributed by atoms with E-state index in [0.29, 0.717) is 12.0 Å². The number of rotatable bonds is 2. The molecule has 0 saturated heterocycles. The molecule has 4 heteroatoms. The summed E-state index contributed by atoms with van der Waals surface area (Å²) in [5.41, 5.74) is 0.569. The fraction of sp³-hybridized carbons (Fsp3) is 0.667. The topological polar surface area (TPSA) is 60.2 Å². The zero-order chi connectivity index (χ0) is 10.0. The van der Waals surface area contributed by atoms with Crippen molar-refractivity contribution in [3.63, 3.8) is 0 Å². The first-order valence-corrected chi connectivity index (χ1v) is 4.36. The Morgan fingerprint density at radius 1 is 1.62 bits per heavy atom. The van der Waals surface area contributed by atoms with Crippen molar-refractivity contribution in [1.82, 2.24) is 0 Å². The quantitative estimate of drug-likeness (QED) is 0.369. The highest BCUT2D eigenvalue weighted by Crippen LogP contribution is 2.29. The molecule has 72 valence electrons. The Balaban J connectivity index is 2.91. The maximum Gasteiger partial charge on any atom is 0.222 e. The SMILES string of the molecule is C[C@@H]1CC=C(C=O)[C@H](C)[C@H]1[N+](=O)[O-]. The molecule has 0 bridgehead atoms. The lowest BCUT2D eigenvalue weighted by molar-refractivity contribution is -0.539. The van der Waals surface area contributed by atoms with Gasteiger partial charge in [-0.1, -0.05) is 19.9 Å². The maximum absolute atomic E-state index is 10.7. The number of nitrogens with zero attached hydrogens (tertiary/aromatic N) is 1. The van der Waals surface area contributed by atoms with Gasteiger partial charge in [0.1, 0.15) is 6.29 Å². The molecule has 1 rings (SSSR count). The third-order valence-electron chi connectivity index (χ3n) is 2.73. The Labute approximate surface area is 76.8 Å². The molecule has 0 amide bonds. The summed E-state index contributed by atoms with van der Waals surface area (Å²) in [6.45, 7) is 3.59. The number of carbonyl (C=O) groups excluding carboxylic acids is 1. The smallest absolute Gasteiger partial charge is 0.222 e. The molecule has 1 aliphatic carbocycles. The van der Waals surface area contributed by atoms with Gasteiger partial charge in [-0.05, 0) is 12.0 Å². The predicted molar refractivity (Wildman–Crippen MR) is 47.9 cm³/mol. The molecule has 0 aliphatic heterocycles. The summed E-state index contributed by atoms with van der Waals surface area (Å²) in [5, 5.41) is 10.7. The standard InChI is InChI=1S/C9H13NO3/c1-6-3-4-8(5-11)7(2)9(6)10(12)13/h4-7,9H,3H2,1-2H3/t6-,7+,9+/m1/s1. The number of nitro groups is 1. The van der Waals surface area contributed by atoms with Gasteiger partial charge in [0.15, 0.2) is 0 Å². The van der Waals surface area contributed by atoms with E-state index in [0.717, 1.165) is 6.29 Å². The first-order valence-electron chi connectivity index (χ1n) is 4.36. The molecule has 0 saturated carbocycles. The van der Waals surface area contributed by atoms with Crippen LogP contribution >= 0.6 is 0 Å². The summed E-state index contributed by atoms with van der Waals surface area (Å²) < 4.78 is 0. The van der Waals surface area contributed by atoms with Crippen LogP contribution in [0.15, 0.2) is 11.6 Å². The van der Waals surface area contributed by atoms with Gasteiger partial charge in [-0.15, -0.1) is 0 Å². The van der Waals surface area contributed by atoms with Crippen LogP contribution in [0.2, 0.25) is 0 Å². The number of aldehydes is 1. The van der Waals surface area contributed by atoms with Gasteiger partial charge in [-0.2, -0.15) is 0 Å². The van der Waals surface area contributed by atoms with E-state index >= 15 is 0 Å². The molecule has 0 aromatic rings. The Kier molecular flexibility index (Phi) is 2.80. The van der Waals surface area contributed by atoms with Crippen molar-refractivity contribution < 1.29 is 9.72 Å². The van der Waals surface area contributed by atoms with Crippen molar-refractivity contribution in [3.8, 4) is 0 Å². The van der Waals surface area contributed by atoms with Crippen LogP contribution in [0.25, 0.3) is 0 Å². The van der Waals surface area contributed by atoms with Gasteiger partial charge in [-0.3, -0.25) is 14.9 Å². The normalized spacial score (nSPS) is 33.7. The zero-order valence-electron chi connectivity index (χ0n) is 7.77. The van der Waals surface area contributed by atoms with Crippen molar-refractivity contribution in [2.75, 3.05) is 0 Å². The first-order chi connectivity index (χ1) is 6.07. The molecule has 3 atom stereocenters. The first kappa shape index (κ1) is 9.89. The molecule has 0 fully saturated rings. The summed E-state index contributed by atoms with van der Waals surface area (Å²) in [6, 6.07) is -0.606. The van der Waals surface area contributed by atoms with Crippen molar-refractivity contribution >= 4 is 6.29 Å². The highest BCUT2D eigenvalue weighted by molar-refractivity contribution is 5.74. The molecule has 0 N–H and O–H groups in total. The Morgan fingerprint density at radius 3 is 2.69 bits per heavy atom. The second-order valence-corrected chi connectivity index (χ2v) is 3.60. The molecule has 0 spiro atoms. The van der Waals surface area contributed by atoms with E-state index in [1.54, 1.807) is 6.92 Å². The Bertz CT molecular complexity index is 260. The number of hydrogen-bond acceptors (Lipinski definition) is 3. The minimum Gasteiger partial charge on any atom is -0.298 e. The van der Waals surface area contributed by atoms with Crippen LogP contribution in [-0.4, -0.2) is 17.3 Å². The highest BCUT2D eigenvalue weighted by Gasteiger charge is 2.38. The van der Waals surface area contributed by atoms with Crippen LogP contribution < -0.4 is 0 Å². The lowest BCUT2D eigenvalue weighted by Gasteiger charge is -2.26. The van der Waals surface area contributed by atoms with Crippen molar-refractivity contribution in [1.29, 1.82) is 0 Å². The molecular formula is C9H13NO3. The summed E-state index contributed by atoms with van der Waals surface area (Å²) >= 11 is 0. The van der Waals surface area contributed by atoms with Crippen molar-refractivity contribution in [2.45, 2.75) is 26.3 Å². The van der Waals surface area contributed by atoms with E-state index in [2.05, 4.69) is 0 Å². The summed E-state index contributed by atoms with van der Waals surface area (Å²) in [7, 11) is 0. The molecule has 13 heavy (non-hydrogen) atoms. The summed E-state index contributed by atoms with van der Waals surface area (Å²) in [4.78, 5) is 21.0. The minimum absolute atomic E-state index is 0.0219. The third kappa shape index (κ3) is 1.76. The van der Waals surface area contributed by atoms with E-state index in [1.165, 1.54) is 0 Å². The van der Waals surface area contributed by atoms with E-state index in [4.69, 9.17) is 0 Å². The van der Waals surface area contributed by atoms with Crippen LogP contribution in [0.4, 0.5) is 0 Å². The summed E-state index contributed by atoms with van der Waals surface area (Å²) in [5.74, 6) is -0.232. The Hall–Kier alpha value is -1.19. The average Bonchev–Trinajstić information content (AvgIpc) is 2.04. The molecular weight excluding hydrogens is 170 g/mol. The van der Waals surface area contributed by atoms with E-state index in [1.807, 2.05) is 13.0 Å². The fourth-order valence-electron chi connectivity index (χ4n) is 1.88. The van der Waals surface area contributed by atoms with Crippen LogP contribution in [0, 0.1) is 22.0 Å².